The van der Waals surface area contributed by atoms with Gasteiger partial charge in [-0.3, -0.25) is 0 Å². The second-order valence-electron chi connectivity index (χ2n) is 6.18. The van der Waals surface area contributed by atoms with Crippen LogP contribution in [-0.2, 0) is 17.7 Å². The van der Waals surface area contributed by atoms with Gasteiger partial charge in [-0.1, -0.05) is 6.92 Å². The number of nitrogens with zero attached hydrogens (tertiary/aromatic N) is 2. The predicted molar refractivity (Wildman–Crippen MR) is 81.3 cm³/mol. The maximum absolute atomic E-state index is 12.3. The first kappa shape index (κ1) is 15.3. The third-order valence-electron chi connectivity index (χ3n) is 4.76. The highest BCUT2D eigenvalue weighted by Gasteiger charge is 2.32. The molecule has 0 aliphatic carbocycles. The van der Waals surface area contributed by atoms with Crippen LogP contribution < -0.4 is 5.32 Å². The third kappa shape index (κ3) is 3.61. The number of carbonyl (C=O) groups is 1. The lowest BCUT2D eigenvalue weighted by Gasteiger charge is -2.27. The van der Waals surface area contributed by atoms with Gasteiger partial charge < -0.3 is 19.4 Å². The normalized spacial score (nSPS) is 23.0. The fraction of sp³-hybridized carbons (Fsp3) is 0.750. The lowest BCUT2D eigenvalue weighted by Crippen LogP contribution is -2.38. The Morgan fingerprint density at radius 3 is 2.91 bits per heavy atom. The van der Waals surface area contributed by atoms with Crippen LogP contribution in [0.2, 0.25) is 0 Å². The Labute approximate surface area is 131 Å². The number of hydrogen-bond donors (Lipinski definition) is 1. The minimum atomic E-state index is 0.00371. The molecule has 1 aromatic heterocycles. The Kier molecular flexibility index (Phi) is 4.97. The van der Waals surface area contributed by atoms with E-state index in [9.17, 15) is 4.79 Å². The van der Waals surface area contributed by atoms with Crippen molar-refractivity contribution < 1.29 is 13.9 Å². The standard InChI is InChI=1S/C16H25N3O3/c1-2-15-17-9-14(22-15)10-18-16(20)19-6-3-13(11-19)12-4-7-21-8-5-12/h9,12-13H,2-8,10-11H2,1H3,(H,18,20). The van der Waals surface area contributed by atoms with Gasteiger partial charge in [-0.15, -0.1) is 0 Å². The number of aryl methyl sites for hydroxylation is 1. The maximum Gasteiger partial charge on any atom is 0.317 e. The maximum atomic E-state index is 12.3. The van der Waals surface area contributed by atoms with Gasteiger partial charge in [0.15, 0.2) is 5.89 Å². The van der Waals surface area contributed by atoms with Crippen molar-refractivity contribution in [2.24, 2.45) is 11.8 Å². The molecule has 3 heterocycles. The molecule has 22 heavy (non-hydrogen) atoms. The molecule has 0 saturated carbocycles. The van der Waals surface area contributed by atoms with Crippen LogP contribution in [0.3, 0.4) is 0 Å². The topological polar surface area (TPSA) is 67.6 Å². The minimum absolute atomic E-state index is 0.00371. The molecule has 0 spiro atoms. The van der Waals surface area contributed by atoms with Crippen LogP contribution in [0.1, 0.15) is 37.8 Å². The average Bonchev–Trinajstić information content (AvgIpc) is 3.22. The highest BCUT2D eigenvalue weighted by atomic mass is 16.5. The summed E-state index contributed by atoms with van der Waals surface area (Å²) in [7, 11) is 0. The van der Waals surface area contributed by atoms with E-state index in [2.05, 4.69) is 10.3 Å². The Hall–Kier alpha value is -1.56. The van der Waals surface area contributed by atoms with Crippen molar-refractivity contribution in [3.05, 3.63) is 17.8 Å². The molecule has 1 atom stereocenters. The molecular formula is C16H25N3O3. The minimum Gasteiger partial charge on any atom is -0.444 e. The molecule has 3 rings (SSSR count). The second-order valence-corrected chi connectivity index (χ2v) is 6.18. The number of rotatable bonds is 4. The van der Waals surface area contributed by atoms with Crippen LogP contribution in [0, 0.1) is 11.8 Å². The second kappa shape index (κ2) is 7.13. The van der Waals surface area contributed by atoms with E-state index in [-0.39, 0.29) is 6.03 Å². The van der Waals surface area contributed by atoms with E-state index in [0.717, 1.165) is 52.0 Å². The van der Waals surface area contributed by atoms with Gasteiger partial charge in [-0.25, -0.2) is 9.78 Å². The predicted octanol–water partition coefficient (Wildman–Crippen LogP) is 2.20. The number of ether oxygens (including phenoxy) is 1. The van der Waals surface area contributed by atoms with Crippen LogP contribution >= 0.6 is 0 Å². The summed E-state index contributed by atoms with van der Waals surface area (Å²) >= 11 is 0. The van der Waals surface area contributed by atoms with Crippen molar-refractivity contribution in [1.29, 1.82) is 0 Å². The third-order valence-corrected chi connectivity index (χ3v) is 4.76. The quantitative estimate of drug-likeness (QED) is 0.926. The molecule has 0 aromatic carbocycles. The molecule has 2 fully saturated rings. The fourth-order valence-corrected chi connectivity index (χ4v) is 3.41. The highest BCUT2D eigenvalue weighted by molar-refractivity contribution is 5.74. The van der Waals surface area contributed by atoms with Crippen LogP contribution in [0.15, 0.2) is 10.6 Å². The molecule has 1 aromatic rings. The lowest BCUT2D eigenvalue weighted by molar-refractivity contribution is 0.0484. The zero-order chi connectivity index (χ0) is 15.4. The molecule has 2 amide bonds. The van der Waals surface area contributed by atoms with E-state index in [0.29, 0.717) is 30.0 Å². The van der Waals surface area contributed by atoms with Gasteiger partial charge in [0.1, 0.15) is 5.76 Å². The van der Waals surface area contributed by atoms with Gasteiger partial charge in [0.25, 0.3) is 0 Å². The zero-order valence-corrected chi connectivity index (χ0v) is 13.2. The molecule has 6 heteroatoms. The number of nitrogens with one attached hydrogen (secondary N) is 1. The van der Waals surface area contributed by atoms with E-state index in [1.165, 1.54) is 0 Å². The van der Waals surface area contributed by atoms with Crippen molar-refractivity contribution >= 4 is 6.03 Å². The van der Waals surface area contributed by atoms with Crippen LogP contribution in [0.25, 0.3) is 0 Å². The summed E-state index contributed by atoms with van der Waals surface area (Å²) < 4.78 is 10.9. The number of hydrogen-bond acceptors (Lipinski definition) is 4. The summed E-state index contributed by atoms with van der Waals surface area (Å²) in [4.78, 5) is 18.3. The van der Waals surface area contributed by atoms with Crippen LogP contribution in [0.5, 0.6) is 0 Å². The fourth-order valence-electron chi connectivity index (χ4n) is 3.41. The largest absolute Gasteiger partial charge is 0.444 e. The molecule has 122 valence electrons. The van der Waals surface area contributed by atoms with Gasteiger partial charge in [0.05, 0.1) is 12.7 Å². The molecule has 0 radical (unpaired) electrons. The monoisotopic (exact) mass is 307 g/mol. The molecule has 6 nitrogen and oxygen atoms in total. The Morgan fingerprint density at radius 1 is 1.36 bits per heavy atom. The number of likely N-dealkylation sites (tertiary alicyclic amines) is 1. The van der Waals surface area contributed by atoms with Crippen molar-refractivity contribution in [2.45, 2.75) is 39.2 Å². The summed E-state index contributed by atoms with van der Waals surface area (Å²) in [5.74, 6) is 2.77. The smallest absolute Gasteiger partial charge is 0.317 e. The molecule has 1 N–H and O–H groups in total. The molecular weight excluding hydrogens is 282 g/mol. The van der Waals surface area contributed by atoms with Crippen molar-refractivity contribution in [2.75, 3.05) is 26.3 Å². The van der Waals surface area contributed by atoms with Crippen LogP contribution in [-0.4, -0.2) is 42.2 Å². The van der Waals surface area contributed by atoms with E-state index >= 15 is 0 Å². The highest BCUT2D eigenvalue weighted by Crippen LogP contribution is 2.31. The number of oxazole rings is 1. The van der Waals surface area contributed by atoms with Crippen molar-refractivity contribution in [3.63, 3.8) is 0 Å². The van der Waals surface area contributed by atoms with Gasteiger partial charge in [0.2, 0.25) is 0 Å². The molecule has 2 saturated heterocycles. The first-order chi connectivity index (χ1) is 10.8. The van der Waals surface area contributed by atoms with Gasteiger partial charge in [0, 0.05) is 32.7 Å². The first-order valence-electron chi connectivity index (χ1n) is 8.30. The number of urea groups is 1. The van der Waals surface area contributed by atoms with E-state index in [4.69, 9.17) is 9.15 Å². The van der Waals surface area contributed by atoms with Gasteiger partial charge in [-0.2, -0.15) is 0 Å². The lowest BCUT2D eigenvalue weighted by atomic mass is 9.85. The molecule has 2 aliphatic rings. The Bertz CT molecular complexity index is 497. The van der Waals surface area contributed by atoms with Crippen LogP contribution in [0.4, 0.5) is 4.79 Å². The van der Waals surface area contributed by atoms with E-state index in [1.807, 2.05) is 11.8 Å². The van der Waals surface area contributed by atoms with Crippen molar-refractivity contribution in [1.82, 2.24) is 15.2 Å². The number of carbonyl (C=O) groups excluding carboxylic acids is 1. The Morgan fingerprint density at radius 2 is 2.18 bits per heavy atom. The zero-order valence-electron chi connectivity index (χ0n) is 13.2. The summed E-state index contributed by atoms with van der Waals surface area (Å²) in [6.07, 6.45) is 5.84. The number of amides is 2. The summed E-state index contributed by atoms with van der Waals surface area (Å²) in [5, 5.41) is 2.93. The summed E-state index contributed by atoms with van der Waals surface area (Å²) in [6, 6.07) is 0.00371. The van der Waals surface area contributed by atoms with Gasteiger partial charge in [-0.05, 0) is 31.1 Å². The summed E-state index contributed by atoms with van der Waals surface area (Å²) in [6.45, 7) is 5.87. The number of aromatic nitrogens is 1. The molecule has 0 bridgehead atoms. The van der Waals surface area contributed by atoms with E-state index in [1.54, 1.807) is 6.20 Å². The first-order valence-corrected chi connectivity index (χ1v) is 8.30. The molecule has 2 aliphatic heterocycles. The Balaban J connectivity index is 1.44. The van der Waals surface area contributed by atoms with Gasteiger partial charge >= 0.3 is 6.03 Å². The SMILES string of the molecule is CCc1ncc(CNC(=O)N2CCC(C3CCOCC3)C2)o1. The van der Waals surface area contributed by atoms with Crippen molar-refractivity contribution in [3.8, 4) is 0 Å². The van der Waals surface area contributed by atoms with E-state index < -0.39 is 0 Å². The summed E-state index contributed by atoms with van der Waals surface area (Å²) in [5.41, 5.74) is 0. The molecule has 1 unspecified atom stereocenters. The average molecular weight is 307 g/mol.